The summed E-state index contributed by atoms with van der Waals surface area (Å²) in [4.78, 5) is 0.284. The van der Waals surface area contributed by atoms with E-state index in [0.29, 0.717) is 5.69 Å². The summed E-state index contributed by atoms with van der Waals surface area (Å²) in [6, 6.07) is 6.75. The van der Waals surface area contributed by atoms with Crippen LogP contribution in [0.5, 0.6) is 0 Å². The Morgan fingerprint density at radius 1 is 1.12 bits per heavy atom. The molecule has 0 aliphatic carbocycles. The van der Waals surface area contributed by atoms with Crippen molar-refractivity contribution < 1.29 is 8.42 Å². The average molecular weight is 254 g/mol. The second kappa shape index (κ2) is 3.95. The maximum Gasteiger partial charge on any atom is 0.219 e. The first-order valence-corrected chi connectivity index (χ1v) is 6.88. The van der Waals surface area contributed by atoms with E-state index in [1.807, 2.05) is 6.92 Å². The van der Waals surface area contributed by atoms with E-state index in [-0.39, 0.29) is 9.10 Å². The van der Waals surface area contributed by atoms with Gasteiger partial charge in [-0.05, 0) is 26.0 Å². The zero-order valence-corrected chi connectivity index (χ0v) is 10.5. The Kier molecular flexibility index (Phi) is 2.77. The highest BCUT2D eigenvalue weighted by Gasteiger charge is 2.22. The van der Waals surface area contributed by atoms with E-state index in [2.05, 4.69) is 9.59 Å². The molecule has 6 heteroatoms. The van der Waals surface area contributed by atoms with Crippen molar-refractivity contribution in [2.75, 3.05) is 0 Å². The SMILES string of the molecule is Cc1ccc(S(=O)(=O)c2snnc2C)cc1. The lowest BCUT2D eigenvalue weighted by Gasteiger charge is -2.01. The highest BCUT2D eigenvalue weighted by molar-refractivity contribution is 7.93. The predicted molar refractivity (Wildman–Crippen MR) is 61.3 cm³/mol. The molecule has 1 aromatic carbocycles. The Labute approximate surface area is 98.0 Å². The molecule has 0 N–H and O–H groups in total. The summed E-state index contributed by atoms with van der Waals surface area (Å²) in [6.45, 7) is 3.56. The minimum absolute atomic E-state index is 0.219. The van der Waals surface area contributed by atoms with Gasteiger partial charge in [0.15, 0.2) is 4.21 Å². The fraction of sp³-hybridized carbons (Fsp3) is 0.200. The molecular formula is C10H10N2O2S2. The van der Waals surface area contributed by atoms with Gasteiger partial charge >= 0.3 is 0 Å². The Balaban J connectivity index is 2.56. The molecule has 0 aliphatic heterocycles. The van der Waals surface area contributed by atoms with Gasteiger partial charge in [0.25, 0.3) is 0 Å². The third-order valence-electron chi connectivity index (χ3n) is 2.19. The van der Waals surface area contributed by atoms with Crippen molar-refractivity contribution in [3.8, 4) is 0 Å². The summed E-state index contributed by atoms with van der Waals surface area (Å²) in [6.07, 6.45) is 0. The zero-order valence-electron chi connectivity index (χ0n) is 8.84. The molecule has 1 aromatic heterocycles. The fourth-order valence-electron chi connectivity index (χ4n) is 1.29. The number of benzene rings is 1. The number of aryl methyl sites for hydroxylation is 2. The van der Waals surface area contributed by atoms with Gasteiger partial charge in [0.2, 0.25) is 9.84 Å². The molecular weight excluding hydrogens is 244 g/mol. The van der Waals surface area contributed by atoms with Gasteiger partial charge in [0.05, 0.1) is 10.6 Å². The summed E-state index contributed by atoms with van der Waals surface area (Å²) in [7, 11) is -3.45. The van der Waals surface area contributed by atoms with Crippen molar-refractivity contribution in [3.05, 3.63) is 35.5 Å². The molecule has 84 valence electrons. The number of rotatable bonds is 2. The predicted octanol–water partition coefficient (Wildman–Crippen LogP) is 1.99. The van der Waals surface area contributed by atoms with Crippen LogP contribution >= 0.6 is 11.5 Å². The van der Waals surface area contributed by atoms with Gasteiger partial charge in [-0.3, -0.25) is 0 Å². The molecule has 0 fully saturated rings. The second-order valence-electron chi connectivity index (χ2n) is 3.46. The standard InChI is InChI=1S/C10H10N2O2S2/c1-7-3-5-9(6-4-7)16(13,14)10-8(2)11-12-15-10/h3-6H,1-2H3. The maximum atomic E-state index is 12.2. The number of aromatic nitrogens is 2. The van der Waals surface area contributed by atoms with E-state index in [0.717, 1.165) is 17.1 Å². The van der Waals surface area contributed by atoms with E-state index in [9.17, 15) is 8.42 Å². The molecule has 16 heavy (non-hydrogen) atoms. The fourth-order valence-corrected chi connectivity index (χ4v) is 3.62. The van der Waals surface area contributed by atoms with Crippen LogP contribution in [0.15, 0.2) is 33.4 Å². The summed E-state index contributed by atoms with van der Waals surface area (Å²) in [5, 5.41) is 3.72. The van der Waals surface area contributed by atoms with Crippen molar-refractivity contribution >= 4 is 21.4 Å². The Bertz CT molecular complexity index is 600. The molecule has 0 unspecified atom stereocenters. The lowest BCUT2D eigenvalue weighted by atomic mass is 10.2. The maximum absolute atomic E-state index is 12.2. The van der Waals surface area contributed by atoms with Crippen LogP contribution in [0.4, 0.5) is 0 Å². The van der Waals surface area contributed by atoms with Crippen molar-refractivity contribution in [1.82, 2.24) is 9.59 Å². The third kappa shape index (κ3) is 1.85. The van der Waals surface area contributed by atoms with Crippen LogP contribution in [0.3, 0.4) is 0 Å². The Morgan fingerprint density at radius 3 is 2.25 bits per heavy atom. The monoisotopic (exact) mass is 254 g/mol. The first-order chi connectivity index (χ1) is 7.51. The number of sulfone groups is 1. The number of hydrogen-bond donors (Lipinski definition) is 0. The molecule has 2 aromatic rings. The van der Waals surface area contributed by atoms with Crippen LogP contribution in [-0.2, 0) is 9.84 Å². The molecule has 0 atom stereocenters. The van der Waals surface area contributed by atoms with E-state index in [1.54, 1.807) is 31.2 Å². The van der Waals surface area contributed by atoms with E-state index < -0.39 is 9.84 Å². The number of hydrogen-bond acceptors (Lipinski definition) is 5. The van der Waals surface area contributed by atoms with Crippen molar-refractivity contribution in [3.63, 3.8) is 0 Å². The first kappa shape index (κ1) is 11.2. The number of nitrogens with zero attached hydrogens (tertiary/aromatic N) is 2. The lowest BCUT2D eigenvalue weighted by Crippen LogP contribution is -2.01. The van der Waals surface area contributed by atoms with Gasteiger partial charge in [-0.1, -0.05) is 22.2 Å². The molecule has 2 rings (SSSR count). The largest absolute Gasteiger partial charge is 0.219 e. The Morgan fingerprint density at radius 2 is 1.75 bits per heavy atom. The normalized spacial score (nSPS) is 11.6. The van der Waals surface area contributed by atoms with E-state index in [4.69, 9.17) is 0 Å². The molecule has 0 aliphatic rings. The summed E-state index contributed by atoms with van der Waals surface area (Å²) < 4.78 is 28.2. The molecule has 0 bridgehead atoms. The summed E-state index contributed by atoms with van der Waals surface area (Å²) in [5.41, 5.74) is 1.48. The minimum atomic E-state index is -3.45. The third-order valence-corrected chi connectivity index (χ3v) is 5.37. The van der Waals surface area contributed by atoms with Crippen LogP contribution in [-0.4, -0.2) is 18.0 Å². The molecule has 0 amide bonds. The van der Waals surface area contributed by atoms with Gasteiger partial charge in [-0.25, -0.2) is 8.42 Å². The summed E-state index contributed by atoms with van der Waals surface area (Å²) >= 11 is 0.906. The lowest BCUT2D eigenvalue weighted by molar-refractivity contribution is 0.597. The topological polar surface area (TPSA) is 59.9 Å². The van der Waals surface area contributed by atoms with Gasteiger partial charge in [-0.15, -0.1) is 5.10 Å². The van der Waals surface area contributed by atoms with Crippen molar-refractivity contribution in [2.45, 2.75) is 23.0 Å². The van der Waals surface area contributed by atoms with Crippen LogP contribution < -0.4 is 0 Å². The molecule has 4 nitrogen and oxygen atoms in total. The highest BCUT2D eigenvalue weighted by Crippen LogP contribution is 2.25. The van der Waals surface area contributed by atoms with Gasteiger partial charge < -0.3 is 0 Å². The average Bonchev–Trinajstić information content (AvgIpc) is 2.66. The molecule has 0 saturated heterocycles. The molecule has 0 radical (unpaired) electrons. The molecule has 0 spiro atoms. The minimum Gasteiger partial charge on any atom is -0.218 e. The quantitative estimate of drug-likeness (QED) is 0.822. The Hall–Kier alpha value is -1.27. The van der Waals surface area contributed by atoms with Gasteiger partial charge in [0.1, 0.15) is 0 Å². The van der Waals surface area contributed by atoms with Crippen molar-refractivity contribution in [2.24, 2.45) is 0 Å². The molecule has 0 saturated carbocycles. The van der Waals surface area contributed by atoms with Crippen LogP contribution in [0.1, 0.15) is 11.3 Å². The summed E-state index contributed by atoms with van der Waals surface area (Å²) in [5.74, 6) is 0. The zero-order chi connectivity index (χ0) is 11.8. The first-order valence-electron chi connectivity index (χ1n) is 4.62. The smallest absolute Gasteiger partial charge is 0.218 e. The highest BCUT2D eigenvalue weighted by atomic mass is 32.2. The van der Waals surface area contributed by atoms with Crippen LogP contribution in [0.2, 0.25) is 0 Å². The van der Waals surface area contributed by atoms with Crippen LogP contribution in [0.25, 0.3) is 0 Å². The van der Waals surface area contributed by atoms with Crippen LogP contribution in [0, 0.1) is 13.8 Å². The van der Waals surface area contributed by atoms with E-state index >= 15 is 0 Å². The second-order valence-corrected chi connectivity index (χ2v) is 6.36. The molecule has 1 heterocycles. The van der Waals surface area contributed by atoms with Gasteiger partial charge in [-0.2, -0.15) is 0 Å². The van der Waals surface area contributed by atoms with E-state index in [1.165, 1.54) is 0 Å². The van der Waals surface area contributed by atoms with Gasteiger partial charge in [0, 0.05) is 11.5 Å². The van der Waals surface area contributed by atoms with Crippen molar-refractivity contribution in [1.29, 1.82) is 0 Å².